The number of aliphatic hydroxyl groups excluding tert-OH is 1. The minimum absolute atomic E-state index is 0.368. The summed E-state index contributed by atoms with van der Waals surface area (Å²) in [5.41, 5.74) is -0.705. The van der Waals surface area contributed by atoms with E-state index in [2.05, 4.69) is 0 Å². The zero-order chi connectivity index (χ0) is 13.9. The van der Waals surface area contributed by atoms with Gasteiger partial charge in [-0.3, -0.25) is 4.79 Å². The number of hydrogen-bond donors (Lipinski definition) is 1. The summed E-state index contributed by atoms with van der Waals surface area (Å²) >= 11 is 11.9. The molecule has 1 heterocycles. The summed E-state index contributed by atoms with van der Waals surface area (Å²) in [6.45, 7) is 4.74. The molecular formula is C11H15Cl2NO4. The lowest BCUT2D eigenvalue weighted by atomic mass is 10.2. The van der Waals surface area contributed by atoms with Crippen molar-refractivity contribution < 1.29 is 19.4 Å². The third-order valence-electron chi connectivity index (χ3n) is 3.14. The predicted molar refractivity (Wildman–Crippen MR) is 65.4 cm³/mol. The van der Waals surface area contributed by atoms with E-state index in [0.29, 0.717) is 0 Å². The lowest BCUT2D eigenvalue weighted by Crippen LogP contribution is -2.48. The fourth-order valence-electron chi connectivity index (χ4n) is 2.35. The van der Waals surface area contributed by atoms with Crippen LogP contribution in [0.25, 0.3) is 0 Å². The van der Waals surface area contributed by atoms with Gasteiger partial charge in [-0.15, -0.1) is 23.2 Å². The highest BCUT2D eigenvalue weighted by Crippen LogP contribution is 2.65. The molecule has 3 atom stereocenters. The molecule has 0 aromatic heterocycles. The summed E-state index contributed by atoms with van der Waals surface area (Å²) in [6, 6.07) is -0.702. The SMILES string of the molecule is CC(C)(C)OC(=O)N1C(=O)[C@H]2C([C@H]1CO)C2(Cl)Cl. The molecule has 0 radical (unpaired) electrons. The van der Waals surface area contributed by atoms with Crippen molar-refractivity contribution in [2.24, 2.45) is 11.8 Å². The van der Waals surface area contributed by atoms with Gasteiger partial charge >= 0.3 is 6.09 Å². The standard InChI is InChI=1S/C11H15Cl2NO4/c1-10(2,3)18-9(17)14-5(4-15)6-7(8(14)16)11(6,12)13/h5-7,15H,4H2,1-3H3/t5-,6?,7-/m1/s1. The first-order valence-electron chi connectivity index (χ1n) is 5.66. The van der Waals surface area contributed by atoms with E-state index in [1.807, 2.05) is 0 Å². The normalized spacial score (nSPS) is 33.3. The topological polar surface area (TPSA) is 66.8 Å². The maximum Gasteiger partial charge on any atom is 0.417 e. The van der Waals surface area contributed by atoms with E-state index in [0.717, 1.165) is 4.90 Å². The first kappa shape index (κ1) is 13.9. The Bertz CT molecular complexity index is 404. The number of alkyl halides is 2. The van der Waals surface area contributed by atoms with Crippen molar-refractivity contribution in [3.05, 3.63) is 0 Å². The van der Waals surface area contributed by atoms with Gasteiger partial charge in [0.2, 0.25) is 5.91 Å². The molecular weight excluding hydrogens is 281 g/mol. The second-order valence-corrected chi connectivity index (χ2v) is 7.06. The Morgan fingerprint density at radius 3 is 2.50 bits per heavy atom. The molecule has 1 aliphatic carbocycles. The van der Waals surface area contributed by atoms with Crippen LogP contribution in [0.1, 0.15) is 20.8 Å². The Morgan fingerprint density at radius 2 is 2.06 bits per heavy atom. The molecule has 1 saturated heterocycles. The Hall–Kier alpha value is -0.520. The Morgan fingerprint density at radius 1 is 1.50 bits per heavy atom. The van der Waals surface area contributed by atoms with Gasteiger partial charge in [0.1, 0.15) is 9.93 Å². The second kappa shape index (κ2) is 3.99. The number of piperidine rings is 1. The van der Waals surface area contributed by atoms with Crippen LogP contribution in [-0.4, -0.2) is 44.6 Å². The summed E-state index contributed by atoms with van der Waals surface area (Å²) in [4.78, 5) is 24.8. The van der Waals surface area contributed by atoms with Crippen LogP contribution in [-0.2, 0) is 9.53 Å². The number of ether oxygens (including phenoxy) is 1. The molecule has 102 valence electrons. The molecule has 0 bridgehead atoms. The highest BCUT2D eigenvalue weighted by Gasteiger charge is 2.77. The first-order valence-corrected chi connectivity index (χ1v) is 6.41. The molecule has 1 aliphatic heterocycles. The van der Waals surface area contributed by atoms with Gasteiger partial charge < -0.3 is 9.84 Å². The molecule has 1 unspecified atom stereocenters. The van der Waals surface area contributed by atoms with Gasteiger partial charge in [-0.2, -0.15) is 0 Å². The number of halogens is 2. The van der Waals surface area contributed by atoms with Crippen LogP contribution in [0.15, 0.2) is 0 Å². The van der Waals surface area contributed by atoms with Gasteiger partial charge in [-0.05, 0) is 20.8 Å². The molecule has 5 nitrogen and oxygen atoms in total. The Labute approximate surface area is 115 Å². The molecule has 1 N–H and O–H groups in total. The number of carbonyl (C=O) groups is 2. The van der Waals surface area contributed by atoms with E-state index < -0.39 is 39.8 Å². The summed E-state index contributed by atoms with van der Waals surface area (Å²) in [5, 5.41) is 9.31. The van der Waals surface area contributed by atoms with E-state index in [9.17, 15) is 14.7 Å². The third kappa shape index (κ3) is 1.98. The number of fused-ring (bicyclic) bond motifs is 1. The van der Waals surface area contributed by atoms with Gasteiger partial charge in [0.05, 0.1) is 18.6 Å². The van der Waals surface area contributed by atoms with Crippen molar-refractivity contribution in [1.82, 2.24) is 4.90 Å². The van der Waals surface area contributed by atoms with Crippen LogP contribution in [0, 0.1) is 11.8 Å². The summed E-state index contributed by atoms with van der Waals surface area (Å²) in [7, 11) is 0. The molecule has 2 fully saturated rings. The van der Waals surface area contributed by atoms with Crippen molar-refractivity contribution in [1.29, 1.82) is 0 Å². The Kier molecular flexibility index (Phi) is 3.08. The van der Waals surface area contributed by atoms with Crippen LogP contribution in [0.2, 0.25) is 0 Å². The van der Waals surface area contributed by atoms with E-state index in [1.165, 1.54) is 0 Å². The molecule has 0 spiro atoms. The van der Waals surface area contributed by atoms with Gasteiger partial charge in [0, 0.05) is 5.92 Å². The number of nitrogens with zero attached hydrogens (tertiary/aromatic N) is 1. The predicted octanol–water partition coefficient (Wildman–Crippen LogP) is 1.54. The molecule has 2 amide bonds. The fraction of sp³-hybridized carbons (Fsp3) is 0.818. The van der Waals surface area contributed by atoms with Gasteiger partial charge in [-0.1, -0.05) is 0 Å². The number of carbonyl (C=O) groups excluding carboxylic acids is 2. The van der Waals surface area contributed by atoms with Crippen molar-refractivity contribution >= 4 is 35.2 Å². The number of likely N-dealkylation sites (tertiary alicyclic amines) is 1. The molecule has 2 rings (SSSR count). The lowest BCUT2D eigenvalue weighted by molar-refractivity contribution is -0.131. The van der Waals surface area contributed by atoms with Gasteiger partial charge in [-0.25, -0.2) is 9.69 Å². The van der Waals surface area contributed by atoms with E-state index in [-0.39, 0.29) is 6.61 Å². The van der Waals surface area contributed by atoms with E-state index >= 15 is 0 Å². The fourth-order valence-corrected chi connectivity index (χ4v) is 3.23. The van der Waals surface area contributed by atoms with Crippen molar-refractivity contribution in [3.8, 4) is 0 Å². The quantitative estimate of drug-likeness (QED) is 0.745. The van der Waals surface area contributed by atoms with Crippen LogP contribution >= 0.6 is 23.2 Å². The average Bonchev–Trinajstić information content (AvgIpc) is 2.60. The van der Waals surface area contributed by atoms with Crippen molar-refractivity contribution in [2.75, 3.05) is 6.61 Å². The van der Waals surface area contributed by atoms with Gasteiger partial charge in [0.25, 0.3) is 0 Å². The number of amides is 2. The maximum atomic E-state index is 12.0. The van der Waals surface area contributed by atoms with Crippen LogP contribution in [0.3, 0.4) is 0 Å². The number of hydrogen-bond acceptors (Lipinski definition) is 4. The highest BCUT2D eigenvalue weighted by atomic mass is 35.5. The first-order chi connectivity index (χ1) is 8.11. The van der Waals surface area contributed by atoms with Crippen LogP contribution in [0.5, 0.6) is 0 Å². The number of rotatable bonds is 1. The molecule has 7 heteroatoms. The van der Waals surface area contributed by atoms with E-state index in [4.69, 9.17) is 27.9 Å². The smallest absolute Gasteiger partial charge is 0.417 e. The lowest BCUT2D eigenvalue weighted by Gasteiger charge is -2.29. The van der Waals surface area contributed by atoms with Crippen LogP contribution in [0.4, 0.5) is 4.79 Å². The average molecular weight is 296 g/mol. The minimum Gasteiger partial charge on any atom is -0.443 e. The number of aliphatic hydroxyl groups is 1. The molecule has 2 aliphatic rings. The summed E-state index contributed by atoms with van der Waals surface area (Å²) < 4.78 is 3.97. The van der Waals surface area contributed by atoms with Crippen molar-refractivity contribution in [3.63, 3.8) is 0 Å². The maximum absolute atomic E-state index is 12.0. The molecule has 0 aromatic rings. The van der Waals surface area contributed by atoms with Crippen LogP contribution < -0.4 is 0 Å². The zero-order valence-electron chi connectivity index (χ0n) is 10.3. The number of imide groups is 1. The minimum atomic E-state index is -1.16. The largest absolute Gasteiger partial charge is 0.443 e. The van der Waals surface area contributed by atoms with Crippen molar-refractivity contribution in [2.45, 2.75) is 36.7 Å². The summed E-state index contributed by atoms with van der Waals surface area (Å²) in [6.07, 6.45) is -0.761. The van der Waals surface area contributed by atoms with E-state index in [1.54, 1.807) is 20.8 Å². The summed E-state index contributed by atoms with van der Waals surface area (Å²) in [5.74, 6) is -1.50. The monoisotopic (exact) mass is 295 g/mol. The third-order valence-corrected chi connectivity index (χ3v) is 4.11. The highest BCUT2D eigenvalue weighted by molar-refractivity contribution is 6.53. The second-order valence-electron chi connectivity index (χ2n) is 5.62. The molecule has 18 heavy (non-hydrogen) atoms. The molecule has 0 aromatic carbocycles. The zero-order valence-corrected chi connectivity index (χ0v) is 11.8. The Balaban J connectivity index is 2.16. The van der Waals surface area contributed by atoms with Gasteiger partial charge in [0.15, 0.2) is 0 Å². The molecule has 1 saturated carbocycles.